The number of allylic oxidation sites excluding steroid dienone is 2. The summed E-state index contributed by atoms with van der Waals surface area (Å²) >= 11 is 0. The smallest absolute Gasteiger partial charge is 0.264 e. The van der Waals surface area contributed by atoms with Gasteiger partial charge in [0.2, 0.25) is 47.3 Å². The first-order chi connectivity index (χ1) is 36.0. The van der Waals surface area contributed by atoms with Crippen LogP contribution >= 0.6 is 0 Å². The number of nitrogens with zero attached hydrogens (tertiary/aromatic N) is 3. The zero-order valence-corrected chi connectivity index (χ0v) is 46.2. The fraction of sp³-hybridized carbons (Fsp3) is 0.564. The van der Waals surface area contributed by atoms with Crippen molar-refractivity contribution in [1.29, 1.82) is 0 Å². The number of hydrogen-bond acceptors (Lipinski definition) is 11. The zero-order valence-electron chi connectivity index (χ0n) is 45.4. The number of rotatable bonds is 26. The SMILES string of the molecule is C=CCCCNC(=O)[C@@H]1CCCN1C(=O)[C@H](CCCN=C(N)NS(=O)(=O)c1c(C)c(C)c2c(c1C)CC(C)(C)O2)NC(=O)[C@H](C)NC(=O)[C@@H]1CCCN1C(=O)[C@H](Cc1ccccc1)NC(=O)[C@H](CCCC=C)NC(C)=O. The van der Waals surface area contributed by atoms with E-state index >= 15 is 0 Å². The van der Waals surface area contributed by atoms with Gasteiger partial charge >= 0.3 is 0 Å². The van der Waals surface area contributed by atoms with Crippen molar-refractivity contribution in [3.63, 3.8) is 0 Å². The summed E-state index contributed by atoms with van der Waals surface area (Å²) in [5.41, 5.74) is 9.05. The molecule has 0 aromatic heterocycles. The van der Waals surface area contributed by atoms with E-state index in [0.29, 0.717) is 86.8 Å². The Bertz CT molecular complexity index is 2620. The van der Waals surface area contributed by atoms with Crippen LogP contribution < -0.4 is 41.8 Å². The molecular formula is C55H80N10O10S. The molecule has 2 aromatic carbocycles. The van der Waals surface area contributed by atoms with Gasteiger partial charge in [-0.05, 0) is 134 Å². The molecular weight excluding hydrogens is 993 g/mol. The van der Waals surface area contributed by atoms with Gasteiger partial charge in [0.05, 0.1) is 4.90 Å². The molecule has 416 valence electrons. The molecule has 2 fully saturated rings. The number of guanidine groups is 1. The Kier molecular flexibility index (Phi) is 21.6. The molecule has 6 atom stereocenters. The number of aliphatic imine (C=N–C) groups is 1. The van der Waals surface area contributed by atoms with Crippen LogP contribution in [0, 0.1) is 20.8 Å². The highest BCUT2D eigenvalue weighted by molar-refractivity contribution is 7.90. The summed E-state index contributed by atoms with van der Waals surface area (Å²) in [5.74, 6) is -3.29. The second-order valence-corrected chi connectivity index (χ2v) is 22.3. The fourth-order valence-electron chi connectivity index (χ4n) is 10.2. The molecule has 0 aliphatic carbocycles. The van der Waals surface area contributed by atoms with Crippen LogP contribution in [0.2, 0.25) is 0 Å². The fourth-order valence-corrected chi connectivity index (χ4v) is 11.7. The second kappa shape index (κ2) is 27.3. The van der Waals surface area contributed by atoms with Crippen LogP contribution in [0.3, 0.4) is 0 Å². The summed E-state index contributed by atoms with van der Waals surface area (Å²) < 4.78 is 36.3. The minimum absolute atomic E-state index is 0.00738. The average molecular weight is 1070 g/mol. The molecule has 0 unspecified atom stereocenters. The molecule has 3 heterocycles. The molecule has 2 aromatic rings. The van der Waals surface area contributed by atoms with E-state index in [1.165, 1.54) is 23.6 Å². The van der Waals surface area contributed by atoms with E-state index in [1.807, 2.05) is 51.1 Å². The second-order valence-electron chi connectivity index (χ2n) is 20.7. The van der Waals surface area contributed by atoms with Crippen molar-refractivity contribution >= 4 is 57.3 Å². The third-order valence-electron chi connectivity index (χ3n) is 14.2. The molecule has 7 amide bonds. The zero-order chi connectivity index (χ0) is 55.9. The molecule has 3 aliphatic heterocycles. The number of amides is 7. The Labute approximate surface area is 448 Å². The van der Waals surface area contributed by atoms with Gasteiger partial charge in [0.25, 0.3) is 10.0 Å². The standard InChI is InChI=1S/C55H80N10O10S/c1-10-12-15-24-41(60-38(7)66)49(68)62-43(32-39-22-16-14-17-23-39)53(72)65-31-21-27-45(65)51(70)59-37(6)48(67)61-42(52(71)64-30-20-26-44(64)50(69)57-28-18-13-11-2)25-19-29-58-54(56)63-76(73,74)47-35(4)34(3)46-40(36(47)5)33-55(8,9)75-46/h10-11,14,16-17,22-23,37,41-45H,1-2,12-13,15,18-21,24-33H2,3-9H3,(H,57,69)(H,59,70)(H,60,66)(H,61,67)(H,62,68)(H3,56,58,63)/t37-,41-,42-,43-,44-,45-/m0/s1. The number of carbonyl (C=O) groups is 7. The number of nitrogens with two attached hydrogens (primary N) is 1. The monoisotopic (exact) mass is 1070 g/mol. The highest BCUT2D eigenvalue weighted by atomic mass is 32.2. The summed E-state index contributed by atoms with van der Waals surface area (Å²) in [6.07, 6.45) is 8.85. The van der Waals surface area contributed by atoms with Crippen molar-refractivity contribution in [2.45, 2.75) is 179 Å². The third kappa shape index (κ3) is 15.9. The summed E-state index contributed by atoms with van der Waals surface area (Å²) in [4.78, 5) is 103. The summed E-state index contributed by atoms with van der Waals surface area (Å²) in [5, 5.41) is 13.9. The molecule has 0 spiro atoms. The average Bonchev–Trinajstić information content (AvgIpc) is 4.14. The Hall–Kier alpha value is -6.77. The number of carbonyl (C=O) groups excluding carboxylic acids is 7. The quantitative estimate of drug-likeness (QED) is 0.0311. The van der Waals surface area contributed by atoms with E-state index in [2.05, 4.69) is 49.5 Å². The minimum Gasteiger partial charge on any atom is -0.487 e. The lowest BCUT2D eigenvalue weighted by molar-refractivity contribution is -0.143. The van der Waals surface area contributed by atoms with E-state index in [9.17, 15) is 42.0 Å². The summed E-state index contributed by atoms with van der Waals surface area (Å²) in [7, 11) is -4.20. The Morgan fingerprint density at radius 3 is 2.01 bits per heavy atom. The van der Waals surface area contributed by atoms with Crippen molar-refractivity contribution < 1.29 is 46.7 Å². The maximum absolute atomic E-state index is 14.5. The van der Waals surface area contributed by atoms with E-state index in [1.54, 1.807) is 26.0 Å². The highest BCUT2D eigenvalue weighted by Gasteiger charge is 2.42. The van der Waals surface area contributed by atoms with Crippen LogP contribution in [0.1, 0.15) is 126 Å². The Balaban J connectivity index is 1.30. The van der Waals surface area contributed by atoms with Crippen molar-refractivity contribution in [2.75, 3.05) is 26.2 Å². The number of hydrogen-bond donors (Lipinski definition) is 7. The van der Waals surface area contributed by atoms with Gasteiger partial charge in [-0.1, -0.05) is 42.5 Å². The van der Waals surface area contributed by atoms with Gasteiger partial charge in [0.1, 0.15) is 47.6 Å². The molecule has 5 rings (SSSR count). The maximum Gasteiger partial charge on any atom is 0.264 e. The lowest BCUT2D eigenvalue weighted by Crippen LogP contribution is -2.59. The number of fused-ring (bicyclic) bond motifs is 1. The van der Waals surface area contributed by atoms with E-state index in [-0.39, 0.29) is 62.1 Å². The lowest BCUT2D eigenvalue weighted by Gasteiger charge is -2.31. The molecule has 0 radical (unpaired) electrons. The van der Waals surface area contributed by atoms with Gasteiger partial charge in [0, 0.05) is 51.5 Å². The lowest BCUT2D eigenvalue weighted by atomic mass is 9.94. The molecule has 0 bridgehead atoms. The normalized spacial score (nSPS) is 18.5. The van der Waals surface area contributed by atoms with Crippen molar-refractivity contribution in [3.8, 4) is 5.75 Å². The summed E-state index contributed by atoms with van der Waals surface area (Å²) in [6.45, 7) is 20.2. The van der Waals surface area contributed by atoms with Crippen molar-refractivity contribution in [2.24, 2.45) is 10.7 Å². The molecule has 76 heavy (non-hydrogen) atoms. The molecule has 2 saturated heterocycles. The number of likely N-dealkylation sites (tertiary alicyclic amines) is 2. The first kappa shape index (κ1) is 60.1. The van der Waals surface area contributed by atoms with Gasteiger partial charge in [0.15, 0.2) is 0 Å². The predicted molar refractivity (Wildman–Crippen MR) is 290 cm³/mol. The van der Waals surface area contributed by atoms with Gasteiger partial charge in [-0.2, -0.15) is 0 Å². The summed E-state index contributed by atoms with van der Waals surface area (Å²) in [6, 6.07) is 2.92. The van der Waals surface area contributed by atoms with Gasteiger partial charge in [-0.25, -0.2) is 13.1 Å². The van der Waals surface area contributed by atoms with Crippen molar-refractivity contribution in [1.82, 2.24) is 41.1 Å². The largest absolute Gasteiger partial charge is 0.487 e. The van der Waals surface area contributed by atoms with Crippen LogP contribution in [0.5, 0.6) is 5.75 Å². The van der Waals surface area contributed by atoms with Crippen LogP contribution in [-0.4, -0.2) is 134 Å². The number of sulfonamides is 1. The highest BCUT2D eigenvalue weighted by Crippen LogP contribution is 2.43. The number of unbranched alkanes of at least 4 members (excludes halogenated alkanes) is 2. The van der Waals surface area contributed by atoms with Crippen LogP contribution in [0.15, 0.2) is 65.5 Å². The predicted octanol–water partition coefficient (Wildman–Crippen LogP) is 3.34. The van der Waals surface area contributed by atoms with Crippen LogP contribution in [0.25, 0.3) is 0 Å². The van der Waals surface area contributed by atoms with Crippen molar-refractivity contribution in [3.05, 3.63) is 83.5 Å². The molecule has 0 saturated carbocycles. The molecule has 20 nitrogen and oxygen atoms in total. The molecule has 8 N–H and O–H groups in total. The topological polar surface area (TPSA) is 280 Å². The number of benzene rings is 2. The van der Waals surface area contributed by atoms with E-state index in [0.717, 1.165) is 11.1 Å². The van der Waals surface area contributed by atoms with Crippen LogP contribution in [0.4, 0.5) is 0 Å². The Morgan fingerprint density at radius 1 is 0.789 bits per heavy atom. The van der Waals surface area contributed by atoms with E-state index in [4.69, 9.17) is 10.5 Å². The first-order valence-electron chi connectivity index (χ1n) is 26.5. The molecule has 3 aliphatic rings. The third-order valence-corrected chi connectivity index (χ3v) is 15.8. The maximum atomic E-state index is 14.5. The van der Waals surface area contributed by atoms with Gasteiger partial charge in [-0.3, -0.25) is 38.6 Å². The first-order valence-corrected chi connectivity index (χ1v) is 27.9. The van der Waals surface area contributed by atoms with Gasteiger partial charge < -0.3 is 46.9 Å². The number of nitrogens with one attached hydrogen (secondary N) is 6. The molecule has 21 heteroatoms. The Morgan fingerprint density at radius 2 is 1.38 bits per heavy atom. The minimum atomic E-state index is -4.20. The van der Waals surface area contributed by atoms with Gasteiger partial charge in [-0.15, -0.1) is 13.2 Å². The van der Waals surface area contributed by atoms with E-state index < -0.39 is 87.3 Å². The van der Waals surface area contributed by atoms with Crippen LogP contribution in [-0.2, 0) is 56.4 Å². The number of ether oxygens (including phenoxy) is 1.